The predicted octanol–water partition coefficient (Wildman–Crippen LogP) is -1.90. The zero-order chi connectivity index (χ0) is 18.1. The highest BCUT2D eigenvalue weighted by Gasteiger charge is 2.77. The summed E-state index contributed by atoms with van der Waals surface area (Å²) < 4.78 is 11.3. The molecule has 0 aromatic rings. The van der Waals surface area contributed by atoms with Gasteiger partial charge < -0.3 is 40.1 Å². The molecular formula is C16H28O8. The van der Waals surface area contributed by atoms with Gasteiger partial charge in [-0.2, -0.15) is 0 Å². The molecule has 0 bridgehead atoms. The number of rotatable bonds is 4. The van der Waals surface area contributed by atoms with Crippen molar-refractivity contribution < 1.29 is 40.1 Å². The van der Waals surface area contributed by atoms with Crippen LogP contribution < -0.4 is 0 Å². The van der Waals surface area contributed by atoms with Gasteiger partial charge in [0.05, 0.1) is 23.9 Å². The van der Waals surface area contributed by atoms with Crippen LogP contribution in [0.1, 0.15) is 33.6 Å². The lowest BCUT2D eigenvalue weighted by Crippen LogP contribution is -2.60. The summed E-state index contributed by atoms with van der Waals surface area (Å²) in [5, 5.41) is 60.0. The van der Waals surface area contributed by atoms with E-state index in [1.54, 1.807) is 20.8 Å². The topological polar surface area (TPSA) is 140 Å². The molecule has 2 aliphatic carbocycles. The Kier molecular flexibility index (Phi) is 4.30. The third-order valence-corrected chi connectivity index (χ3v) is 6.31. The Labute approximate surface area is 140 Å². The number of aliphatic hydroxyl groups excluding tert-OH is 5. The van der Waals surface area contributed by atoms with Crippen LogP contribution in [0.4, 0.5) is 0 Å². The number of aliphatic hydroxyl groups is 6. The number of hydrogen-bond donors (Lipinski definition) is 6. The van der Waals surface area contributed by atoms with Crippen LogP contribution in [0.25, 0.3) is 0 Å². The number of ether oxygens (including phenoxy) is 2. The molecule has 3 aliphatic rings. The molecule has 1 heterocycles. The molecule has 8 heteroatoms. The van der Waals surface area contributed by atoms with Crippen LogP contribution in [0.5, 0.6) is 0 Å². The zero-order valence-electron chi connectivity index (χ0n) is 14.2. The van der Waals surface area contributed by atoms with Crippen LogP contribution in [0.15, 0.2) is 0 Å². The van der Waals surface area contributed by atoms with Crippen LogP contribution in [0.3, 0.4) is 0 Å². The maximum absolute atomic E-state index is 10.5. The van der Waals surface area contributed by atoms with Gasteiger partial charge in [0.1, 0.15) is 24.4 Å². The second-order valence-corrected chi connectivity index (χ2v) is 8.20. The van der Waals surface area contributed by atoms with Crippen molar-refractivity contribution in [2.75, 3.05) is 6.61 Å². The van der Waals surface area contributed by atoms with E-state index < -0.39 is 60.0 Å². The van der Waals surface area contributed by atoms with Gasteiger partial charge in [0.25, 0.3) is 0 Å². The van der Waals surface area contributed by atoms with Crippen molar-refractivity contribution in [2.45, 2.75) is 81.6 Å². The van der Waals surface area contributed by atoms with Crippen LogP contribution in [0.2, 0.25) is 0 Å². The van der Waals surface area contributed by atoms with Crippen molar-refractivity contribution in [3.05, 3.63) is 0 Å². The van der Waals surface area contributed by atoms with Crippen molar-refractivity contribution in [1.29, 1.82) is 0 Å². The van der Waals surface area contributed by atoms with Gasteiger partial charge in [0.15, 0.2) is 6.29 Å². The van der Waals surface area contributed by atoms with E-state index >= 15 is 0 Å². The molecule has 2 unspecified atom stereocenters. The first kappa shape index (κ1) is 18.5. The summed E-state index contributed by atoms with van der Waals surface area (Å²) in [6.07, 6.45) is -6.61. The van der Waals surface area contributed by atoms with Crippen molar-refractivity contribution in [3.8, 4) is 0 Å². The normalized spacial score (nSPS) is 54.6. The Morgan fingerprint density at radius 3 is 2.17 bits per heavy atom. The minimum absolute atomic E-state index is 0.118. The standard InChI is InChI=1S/C16H28O8/c1-14(2,22)16-4-8(16)15(3,5-9(16)18)24-13-12(21)11(20)10(19)7(6-17)23-13/h7-13,17-22H,4-6H2,1-3H3/t7-,8+,9?,10-,11+,12-,13+,15?,16-/m1/s1. The monoisotopic (exact) mass is 348 g/mol. The van der Waals surface area contributed by atoms with Crippen molar-refractivity contribution in [2.24, 2.45) is 11.3 Å². The third-order valence-electron chi connectivity index (χ3n) is 6.31. The third kappa shape index (κ3) is 2.44. The summed E-state index contributed by atoms with van der Waals surface area (Å²) in [5.74, 6) is -0.118. The molecule has 3 rings (SSSR count). The molecule has 9 atom stereocenters. The fourth-order valence-electron chi connectivity index (χ4n) is 4.76. The van der Waals surface area contributed by atoms with E-state index in [1.807, 2.05) is 0 Å². The Morgan fingerprint density at radius 1 is 1.08 bits per heavy atom. The molecule has 6 N–H and O–H groups in total. The van der Waals surface area contributed by atoms with Gasteiger partial charge in [-0.25, -0.2) is 0 Å². The smallest absolute Gasteiger partial charge is 0.187 e. The Morgan fingerprint density at radius 2 is 1.71 bits per heavy atom. The molecule has 3 fully saturated rings. The first-order chi connectivity index (χ1) is 11.0. The number of hydrogen-bond acceptors (Lipinski definition) is 8. The second kappa shape index (κ2) is 5.59. The van der Waals surface area contributed by atoms with E-state index in [2.05, 4.69) is 0 Å². The molecule has 1 saturated heterocycles. The van der Waals surface area contributed by atoms with Crippen LogP contribution in [-0.2, 0) is 9.47 Å². The van der Waals surface area contributed by atoms with Gasteiger partial charge >= 0.3 is 0 Å². The largest absolute Gasteiger partial charge is 0.394 e. The summed E-state index contributed by atoms with van der Waals surface area (Å²) in [6.45, 7) is 4.58. The SMILES string of the molecule is CC1(O[C@@H]2O[C@H](CO)[C@@H](O)[C@H](O)[C@H]2O)CC(O)[C@@]2(C(C)(C)O)C[C@@H]12. The maximum atomic E-state index is 10.5. The quantitative estimate of drug-likeness (QED) is 0.346. The predicted molar refractivity (Wildman–Crippen MR) is 80.7 cm³/mol. The van der Waals surface area contributed by atoms with Crippen LogP contribution in [-0.4, -0.2) is 85.3 Å². The average molecular weight is 348 g/mol. The molecule has 0 aromatic heterocycles. The molecule has 0 amide bonds. The van der Waals surface area contributed by atoms with Gasteiger partial charge in [-0.05, 0) is 33.1 Å². The number of fused-ring (bicyclic) bond motifs is 1. The molecule has 24 heavy (non-hydrogen) atoms. The highest BCUT2D eigenvalue weighted by molar-refractivity contribution is 5.26. The molecule has 1 aliphatic heterocycles. The summed E-state index contributed by atoms with van der Waals surface area (Å²) in [7, 11) is 0. The van der Waals surface area contributed by atoms with Gasteiger partial charge in [0.2, 0.25) is 0 Å². The molecule has 0 aromatic carbocycles. The van der Waals surface area contributed by atoms with E-state index in [9.17, 15) is 30.6 Å². The highest BCUT2D eigenvalue weighted by Crippen LogP contribution is 2.72. The minimum atomic E-state index is -1.51. The maximum Gasteiger partial charge on any atom is 0.187 e. The Balaban J connectivity index is 1.77. The van der Waals surface area contributed by atoms with E-state index in [1.165, 1.54) is 0 Å². The lowest BCUT2D eigenvalue weighted by Gasteiger charge is -2.43. The summed E-state index contributed by atoms with van der Waals surface area (Å²) in [5.41, 5.74) is -2.59. The highest BCUT2D eigenvalue weighted by atomic mass is 16.7. The lowest BCUT2D eigenvalue weighted by molar-refractivity contribution is -0.327. The van der Waals surface area contributed by atoms with E-state index in [-0.39, 0.29) is 12.3 Å². The fraction of sp³-hybridized carbons (Fsp3) is 1.00. The summed E-state index contributed by atoms with van der Waals surface area (Å²) >= 11 is 0. The Bertz CT molecular complexity index is 491. The van der Waals surface area contributed by atoms with Crippen LogP contribution in [0, 0.1) is 11.3 Å². The van der Waals surface area contributed by atoms with Gasteiger partial charge in [-0.3, -0.25) is 0 Å². The summed E-state index contributed by atoms with van der Waals surface area (Å²) in [4.78, 5) is 0. The second-order valence-electron chi connectivity index (χ2n) is 8.20. The van der Waals surface area contributed by atoms with Gasteiger partial charge in [-0.1, -0.05) is 0 Å². The van der Waals surface area contributed by atoms with Crippen LogP contribution >= 0.6 is 0 Å². The average Bonchev–Trinajstić information content (AvgIpc) is 3.21. The van der Waals surface area contributed by atoms with E-state index in [0.29, 0.717) is 6.42 Å². The Hall–Kier alpha value is -0.320. The molecule has 2 saturated carbocycles. The van der Waals surface area contributed by atoms with E-state index in [0.717, 1.165) is 0 Å². The van der Waals surface area contributed by atoms with Gasteiger partial charge in [-0.15, -0.1) is 0 Å². The van der Waals surface area contributed by atoms with Crippen molar-refractivity contribution in [1.82, 2.24) is 0 Å². The molecule has 140 valence electrons. The lowest BCUT2D eigenvalue weighted by atomic mass is 9.83. The zero-order valence-corrected chi connectivity index (χ0v) is 14.2. The van der Waals surface area contributed by atoms with Gasteiger partial charge in [0, 0.05) is 11.8 Å². The van der Waals surface area contributed by atoms with E-state index in [4.69, 9.17) is 9.47 Å². The summed E-state index contributed by atoms with van der Waals surface area (Å²) in [6, 6.07) is 0. The van der Waals surface area contributed by atoms with Crippen molar-refractivity contribution in [3.63, 3.8) is 0 Å². The molecule has 8 nitrogen and oxygen atoms in total. The fourth-order valence-corrected chi connectivity index (χ4v) is 4.76. The molecule has 0 spiro atoms. The molecular weight excluding hydrogens is 320 g/mol. The van der Waals surface area contributed by atoms with Crippen molar-refractivity contribution >= 4 is 0 Å². The first-order valence-corrected chi connectivity index (χ1v) is 8.37. The minimum Gasteiger partial charge on any atom is -0.394 e. The first-order valence-electron chi connectivity index (χ1n) is 8.37. The molecule has 0 radical (unpaired) electrons.